The second kappa shape index (κ2) is 7.37. The third kappa shape index (κ3) is 4.74. The van der Waals surface area contributed by atoms with Gasteiger partial charge in [0.25, 0.3) is 0 Å². The van der Waals surface area contributed by atoms with E-state index in [1.54, 1.807) is 6.20 Å². The van der Waals surface area contributed by atoms with Gasteiger partial charge in [-0.3, -0.25) is 4.90 Å². The molecule has 3 N–H and O–H groups in total. The number of pyridine rings is 1. The van der Waals surface area contributed by atoms with Crippen LogP contribution in [-0.4, -0.2) is 54.3 Å². The highest BCUT2D eigenvalue weighted by Gasteiger charge is 2.09. The number of anilines is 1. The molecule has 0 saturated carbocycles. The largest absolute Gasteiger partial charge is 0.389 e. The third-order valence-corrected chi connectivity index (χ3v) is 3.34. The maximum absolute atomic E-state index is 5.59. The van der Waals surface area contributed by atoms with E-state index in [2.05, 4.69) is 15.2 Å². The van der Waals surface area contributed by atoms with Crippen molar-refractivity contribution in [2.45, 2.75) is 6.42 Å². The maximum atomic E-state index is 5.59. The lowest BCUT2D eigenvalue weighted by atomic mass is 10.2. The Morgan fingerprint density at radius 3 is 3.00 bits per heavy atom. The Bertz CT molecular complexity index is 421. The van der Waals surface area contributed by atoms with Gasteiger partial charge in [-0.2, -0.15) is 0 Å². The van der Waals surface area contributed by atoms with Gasteiger partial charge in [0, 0.05) is 31.4 Å². The van der Waals surface area contributed by atoms with Crippen molar-refractivity contribution in [2.24, 2.45) is 5.73 Å². The van der Waals surface area contributed by atoms with E-state index in [-0.39, 0.29) is 0 Å². The number of thiocarbonyl (C=S) groups is 1. The Balaban J connectivity index is 1.70. The number of hydrogen-bond acceptors (Lipinski definition) is 5. The molecule has 104 valence electrons. The number of hydrogen-bond donors (Lipinski definition) is 2. The minimum Gasteiger partial charge on any atom is -0.389 e. The van der Waals surface area contributed by atoms with E-state index in [1.807, 2.05) is 12.1 Å². The van der Waals surface area contributed by atoms with Crippen LogP contribution in [0.1, 0.15) is 12.0 Å². The summed E-state index contributed by atoms with van der Waals surface area (Å²) in [4.78, 5) is 7.07. The van der Waals surface area contributed by atoms with E-state index in [9.17, 15) is 0 Å². The van der Waals surface area contributed by atoms with Crippen molar-refractivity contribution in [3.63, 3.8) is 0 Å². The molecular weight excluding hydrogens is 260 g/mol. The van der Waals surface area contributed by atoms with Gasteiger partial charge >= 0.3 is 0 Å². The summed E-state index contributed by atoms with van der Waals surface area (Å²) >= 11 is 4.95. The van der Waals surface area contributed by atoms with Crippen molar-refractivity contribution < 1.29 is 4.74 Å². The second-order valence-electron chi connectivity index (χ2n) is 4.53. The molecule has 0 amide bonds. The quantitative estimate of drug-likeness (QED) is 0.595. The number of ether oxygens (including phenoxy) is 1. The van der Waals surface area contributed by atoms with Gasteiger partial charge in [0.15, 0.2) is 0 Å². The number of aromatic nitrogens is 1. The molecule has 0 bridgehead atoms. The van der Waals surface area contributed by atoms with Crippen LogP contribution in [0.3, 0.4) is 0 Å². The molecule has 1 aromatic heterocycles. The summed E-state index contributed by atoms with van der Waals surface area (Å²) < 4.78 is 5.32. The molecule has 1 saturated heterocycles. The van der Waals surface area contributed by atoms with E-state index in [1.165, 1.54) is 0 Å². The first-order valence-corrected chi connectivity index (χ1v) is 6.96. The topological polar surface area (TPSA) is 63.4 Å². The van der Waals surface area contributed by atoms with Crippen molar-refractivity contribution in [3.8, 4) is 0 Å². The van der Waals surface area contributed by atoms with Gasteiger partial charge in [-0.1, -0.05) is 12.2 Å². The first-order valence-electron chi connectivity index (χ1n) is 6.55. The van der Waals surface area contributed by atoms with Gasteiger partial charge < -0.3 is 15.8 Å². The summed E-state index contributed by atoms with van der Waals surface area (Å²) in [5.74, 6) is 0.826. The summed E-state index contributed by atoms with van der Waals surface area (Å²) in [6.07, 6.45) is 2.80. The van der Waals surface area contributed by atoms with Crippen molar-refractivity contribution in [3.05, 3.63) is 23.9 Å². The zero-order chi connectivity index (χ0) is 13.5. The van der Waals surface area contributed by atoms with E-state index in [4.69, 9.17) is 22.7 Å². The number of nitrogens with two attached hydrogens (primary N) is 1. The highest BCUT2D eigenvalue weighted by Crippen LogP contribution is 2.07. The Morgan fingerprint density at radius 1 is 1.47 bits per heavy atom. The zero-order valence-electron chi connectivity index (χ0n) is 11.0. The molecule has 0 atom stereocenters. The minimum absolute atomic E-state index is 0.402. The predicted octanol–water partition coefficient (Wildman–Crippen LogP) is 0.850. The third-order valence-electron chi connectivity index (χ3n) is 3.11. The molecule has 19 heavy (non-hydrogen) atoms. The summed E-state index contributed by atoms with van der Waals surface area (Å²) in [7, 11) is 0. The monoisotopic (exact) mass is 280 g/mol. The first-order chi connectivity index (χ1) is 9.25. The van der Waals surface area contributed by atoms with Crippen molar-refractivity contribution >= 4 is 23.0 Å². The summed E-state index contributed by atoms with van der Waals surface area (Å²) in [6, 6.07) is 3.71. The second-order valence-corrected chi connectivity index (χ2v) is 4.97. The Hall–Kier alpha value is -1.24. The van der Waals surface area contributed by atoms with Gasteiger partial charge in [0.05, 0.1) is 13.2 Å². The minimum atomic E-state index is 0.402. The molecule has 0 spiro atoms. The van der Waals surface area contributed by atoms with Crippen LogP contribution in [0.5, 0.6) is 0 Å². The lowest BCUT2D eigenvalue weighted by Gasteiger charge is -2.26. The highest BCUT2D eigenvalue weighted by molar-refractivity contribution is 7.80. The van der Waals surface area contributed by atoms with Crippen LogP contribution in [0.25, 0.3) is 0 Å². The molecule has 0 unspecified atom stereocenters. The summed E-state index contributed by atoms with van der Waals surface area (Å²) in [5, 5.41) is 3.30. The molecule has 0 aliphatic carbocycles. The number of nitrogens with zero attached hydrogens (tertiary/aromatic N) is 2. The highest BCUT2D eigenvalue weighted by atomic mass is 32.1. The lowest BCUT2D eigenvalue weighted by molar-refractivity contribution is 0.0378. The van der Waals surface area contributed by atoms with E-state index >= 15 is 0 Å². The maximum Gasteiger partial charge on any atom is 0.126 e. The van der Waals surface area contributed by atoms with E-state index in [0.717, 1.165) is 57.2 Å². The Labute approximate surface area is 119 Å². The van der Waals surface area contributed by atoms with Crippen LogP contribution in [0.2, 0.25) is 0 Å². The molecule has 0 aromatic carbocycles. The van der Waals surface area contributed by atoms with Crippen LogP contribution in [0, 0.1) is 0 Å². The van der Waals surface area contributed by atoms with Crippen LogP contribution in [-0.2, 0) is 4.74 Å². The SMILES string of the molecule is NC(=S)c1ccnc(NCCCN2CCOCC2)c1. The molecule has 6 heteroatoms. The normalized spacial score (nSPS) is 16.2. The van der Waals surface area contributed by atoms with Gasteiger partial charge in [0.2, 0.25) is 0 Å². The van der Waals surface area contributed by atoms with Gasteiger partial charge in [0.1, 0.15) is 10.8 Å². The Kier molecular flexibility index (Phi) is 5.50. The zero-order valence-corrected chi connectivity index (χ0v) is 11.8. The average Bonchev–Trinajstić information content (AvgIpc) is 2.45. The number of rotatable bonds is 6. The fraction of sp³-hybridized carbons (Fsp3) is 0.538. The standard InChI is InChI=1S/C13H20N4OS/c14-13(19)11-2-4-16-12(10-11)15-3-1-5-17-6-8-18-9-7-17/h2,4,10H,1,3,5-9H2,(H2,14,19)(H,15,16). The number of nitrogens with one attached hydrogen (secondary N) is 1. The molecule has 1 aliphatic rings. The van der Waals surface area contributed by atoms with Crippen molar-refractivity contribution in [1.82, 2.24) is 9.88 Å². The smallest absolute Gasteiger partial charge is 0.126 e. The molecular formula is C13H20N4OS. The average molecular weight is 280 g/mol. The van der Waals surface area contributed by atoms with E-state index < -0.39 is 0 Å². The predicted molar refractivity (Wildman–Crippen MR) is 80.5 cm³/mol. The molecule has 2 heterocycles. The van der Waals surface area contributed by atoms with Crippen molar-refractivity contribution in [1.29, 1.82) is 0 Å². The molecule has 1 aromatic rings. The lowest BCUT2D eigenvalue weighted by Crippen LogP contribution is -2.37. The number of morpholine rings is 1. The summed E-state index contributed by atoms with van der Waals surface area (Å²) in [5.41, 5.74) is 6.44. The molecule has 2 rings (SSSR count). The van der Waals surface area contributed by atoms with Crippen molar-refractivity contribution in [2.75, 3.05) is 44.7 Å². The van der Waals surface area contributed by atoms with Crippen LogP contribution < -0.4 is 11.1 Å². The fourth-order valence-electron chi connectivity index (χ4n) is 2.02. The van der Waals surface area contributed by atoms with Gasteiger partial charge in [-0.05, 0) is 25.1 Å². The Morgan fingerprint density at radius 2 is 2.26 bits per heavy atom. The van der Waals surface area contributed by atoms with Crippen LogP contribution in [0.4, 0.5) is 5.82 Å². The fourth-order valence-corrected chi connectivity index (χ4v) is 2.15. The molecule has 0 radical (unpaired) electrons. The van der Waals surface area contributed by atoms with Crippen LogP contribution in [0.15, 0.2) is 18.3 Å². The molecule has 5 nitrogen and oxygen atoms in total. The van der Waals surface area contributed by atoms with E-state index in [0.29, 0.717) is 4.99 Å². The molecule has 1 fully saturated rings. The summed E-state index contributed by atoms with van der Waals surface area (Å²) in [6.45, 7) is 5.76. The molecule has 1 aliphatic heterocycles. The van der Waals surface area contributed by atoms with Crippen LogP contribution >= 0.6 is 12.2 Å². The van der Waals surface area contributed by atoms with Gasteiger partial charge in [-0.15, -0.1) is 0 Å². The van der Waals surface area contributed by atoms with Gasteiger partial charge in [-0.25, -0.2) is 4.98 Å². The first kappa shape index (κ1) is 14.2.